The van der Waals surface area contributed by atoms with Crippen LogP contribution in [-0.4, -0.2) is 57.5 Å². The molecular weight excluding hydrogens is 340 g/mol. The summed E-state index contributed by atoms with van der Waals surface area (Å²) in [5, 5.41) is 0. The Morgan fingerprint density at radius 3 is 2.56 bits per heavy atom. The highest BCUT2D eigenvalue weighted by Crippen LogP contribution is 2.20. The Hall–Kier alpha value is -2.34. The zero-order valence-electron chi connectivity index (χ0n) is 16.8. The molecule has 1 fully saturated rings. The lowest BCUT2D eigenvalue weighted by Crippen LogP contribution is -2.53. The highest BCUT2D eigenvalue weighted by atomic mass is 16.5. The number of hydrogen-bond acceptors (Lipinski definition) is 4. The normalized spacial score (nSPS) is 16.6. The number of nitrogens with zero attached hydrogens (tertiary/aromatic N) is 4. The van der Waals surface area contributed by atoms with Gasteiger partial charge in [0.2, 0.25) is 0 Å². The number of piperazine rings is 1. The molecule has 3 rings (SSSR count). The topological polar surface area (TPSA) is 50.6 Å². The summed E-state index contributed by atoms with van der Waals surface area (Å²) in [4.78, 5) is 21.7. The van der Waals surface area contributed by atoms with Gasteiger partial charge < -0.3 is 14.2 Å². The fourth-order valence-electron chi connectivity index (χ4n) is 3.36. The maximum absolute atomic E-state index is 13.1. The molecule has 0 radical (unpaired) electrons. The van der Waals surface area contributed by atoms with Crippen molar-refractivity contribution in [2.75, 3.05) is 26.2 Å². The summed E-state index contributed by atoms with van der Waals surface area (Å²) >= 11 is 0. The molecule has 1 aromatic heterocycles. The van der Waals surface area contributed by atoms with E-state index in [0.29, 0.717) is 0 Å². The monoisotopic (exact) mass is 370 g/mol. The van der Waals surface area contributed by atoms with Gasteiger partial charge in [-0.3, -0.25) is 9.69 Å². The molecule has 0 bridgehead atoms. The van der Waals surface area contributed by atoms with Crippen molar-refractivity contribution in [3.63, 3.8) is 0 Å². The average molecular weight is 370 g/mol. The Morgan fingerprint density at radius 1 is 1.22 bits per heavy atom. The molecule has 2 heterocycles. The van der Waals surface area contributed by atoms with Crippen LogP contribution in [-0.2, 0) is 18.4 Å². The minimum Gasteiger partial charge on any atom is -0.480 e. The van der Waals surface area contributed by atoms with E-state index in [1.54, 1.807) is 0 Å². The van der Waals surface area contributed by atoms with Gasteiger partial charge in [0.1, 0.15) is 11.6 Å². The van der Waals surface area contributed by atoms with Crippen molar-refractivity contribution in [1.82, 2.24) is 19.4 Å². The quantitative estimate of drug-likeness (QED) is 0.784. The molecule has 27 heavy (non-hydrogen) atoms. The summed E-state index contributed by atoms with van der Waals surface area (Å²) in [5.41, 5.74) is 1.13. The molecule has 1 saturated heterocycles. The van der Waals surface area contributed by atoms with Crippen molar-refractivity contribution in [3.8, 4) is 5.75 Å². The fourth-order valence-corrected chi connectivity index (χ4v) is 3.36. The van der Waals surface area contributed by atoms with E-state index in [1.807, 2.05) is 73.9 Å². The van der Waals surface area contributed by atoms with Crippen LogP contribution in [0, 0.1) is 12.8 Å². The lowest BCUT2D eigenvalue weighted by Gasteiger charge is -2.37. The van der Waals surface area contributed by atoms with Crippen LogP contribution in [0.1, 0.15) is 25.2 Å². The first-order valence-corrected chi connectivity index (χ1v) is 9.64. The number of carbonyl (C=O) groups excluding carboxylic acids is 1. The number of benzene rings is 1. The van der Waals surface area contributed by atoms with E-state index in [-0.39, 0.29) is 11.8 Å². The second-order valence-corrected chi connectivity index (χ2v) is 7.65. The van der Waals surface area contributed by atoms with Crippen LogP contribution < -0.4 is 4.74 Å². The SMILES string of the molecule is Cc1cccc(O[C@H](C(=O)N2CCN(Cc3nccn3C)CC2)C(C)C)c1. The van der Waals surface area contributed by atoms with E-state index in [1.165, 1.54) is 0 Å². The maximum atomic E-state index is 13.1. The Bertz CT molecular complexity index is 763. The molecule has 146 valence electrons. The fraction of sp³-hybridized carbons (Fsp3) is 0.524. The first-order valence-electron chi connectivity index (χ1n) is 9.64. The number of aryl methyl sites for hydroxylation is 2. The van der Waals surface area contributed by atoms with Gasteiger partial charge in [-0.15, -0.1) is 0 Å². The molecule has 2 aromatic rings. The number of hydrogen-bond donors (Lipinski definition) is 0. The van der Waals surface area contributed by atoms with E-state index >= 15 is 0 Å². The van der Waals surface area contributed by atoms with E-state index in [9.17, 15) is 4.79 Å². The van der Waals surface area contributed by atoms with Crippen LogP contribution in [0.4, 0.5) is 0 Å². The molecular formula is C21H30N4O2. The lowest BCUT2D eigenvalue weighted by molar-refractivity contribution is -0.142. The highest BCUT2D eigenvalue weighted by Gasteiger charge is 2.31. The third-order valence-corrected chi connectivity index (χ3v) is 5.07. The maximum Gasteiger partial charge on any atom is 0.264 e. The average Bonchev–Trinajstić information content (AvgIpc) is 3.04. The molecule has 1 aliphatic rings. The summed E-state index contributed by atoms with van der Waals surface area (Å²) in [6.07, 6.45) is 3.34. The highest BCUT2D eigenvalue weighted by molar-refractivity contribution is 5.81. The Labute approximate surface area is 161 Å². The standard InChI is InChI=1S/C21H30N4O2/c1-16(2)20(27-18-7-5-6-17(3)14-18)21(26)25-12-10-24(11-13-25)15-19-22-8-9-23(19)4/h5-9,14,16,20H,10-13,15H2,1-4H3/t20-/m0/s1. The molecule has 0 saturated carbocycles. The van der Waals surface area contributed by atoms with E-state index in [0.717, 1.165) is 49.9 Å². The molecule has 1 atom stereocenters. The van der Waals surface area contributed by atoms with Gasteiger partial charge in [0, 0.05) is 45.6 Å². The zero-order valence-corrected chi connectivity index (χ0v) is 16.8. The van der Waals surface area contributed by atoms with Crippen LogP contribution in [0.25, 0.3) is 0 Å². The van der Waals surface area contributed by atoms with Gasteiger partial charge in [-0.2, -0.15) is 0 Å². The van der Waals surface area contributed by atoms with Gasteiger partial charge in [0.25, 0.3) is 5.91 Å². The minimum absolute atomic E-state index is 0.0862. The summed E-state index contributed by atoms with van der Waals surface area (Å²) in [6.45, 7) is 10.1. The van der Waals surface area contributed by atoms with Gasteiger partial charge in [0.15, 0.2) is 6.10 Å². The number of amides is 1. The van der Waals surface area contributed by atoms with Crippen molar-refractivity contribution in [2.45, 2.75) is 33.4 Å². The van der Waals surface area contributed by atoms with Crippen LogP contribution in [0.15, 0.2) is 36.7 Å². The number of carbonyl (C=O) groups is 1. The summed E-state index contributed by atoms with van der Waals surface area (Å²) in [6, 6.07) is 7.89. The van der Waals surface area contributed by atoms with E-state index in [4.69, 9.17) is 4.74 Å². The van der Waals surface area contributed by atoms with Crippen molar-refractivity contribution >= 4 is 5.91 Å². The van der Waals surface area contributed by atoms with Gasteiger partial charge in [0.05, 0.1) is 6.54 Å². The molecule has 1 aliphatic heterocycles. The molecule has 0 spiro atoms. The minimum atomic E-state index is -0.451. The second kappa shape index (κ2) is 8.57. The van der Waals surface area contributed by atoms with Crippen LogP contribution in [0.5, 0.6) is 5.75 Å². The third-order valence-electron chi connectivity index (χ3n) is 5.07. The van der Waals surface area contributed by atoms with E-state index in [2.05, 4.69) is 9.88 Å². The van der Waals surface area contributed by atoms with Crippen molar-refractivity contribution in [2.24, 2.45) is 13.0 Å². The van der Waals surface area contributed by atoms with Crippen molar-refractivity contribution < 1.29 is 9.53 Å². The lowest BCUT2D eigenvalue weighted by atomic mass is 10.1. The van der Waals surface area contributed by atoms with Gasteiger partial charge in [-0.25, -0.2) is 4.98 Å². The Balaban J connectivity index is 1.58. The zero-order chi connectivity index (χ0) is 19.4. The van der Waals surface area contributed by atoms with Gasteiger partial charge >= 0.3 is 0 Å². The summed E-state index contributed by atoms with van der Waals surface area (Å²) < 4.78 is 8.13. The molecule has 0 unspecified atom stereocenters. The first-order chi connectivity index (χ1) is 12.9. The smallest absolute Gasteiger partial charge is 0.264 e. The molecule has 6 heteroatoms. The number of aromatic nitrogens is 2. The molecule has 1 aromatic carbocycles. The third kappa shape index (κ3) is 4.89. The van der Waals surface area contributed by atoms with Crippen molar-refractivity contribution in [1.29, 1.82) is 0 Å². The second-order valence-electron chi connectivity index (χ2n) is 7.65. The summed E-state index contributed by atoms with van der Waals surface area (Å²) in [5.74, 6) is 2.01. The number of rotatable bonds is 6. The molecule has 0 N–H and O–H groups in total. The number of ether oxygens (including phenoxy) is 1. The van der Waals surface area contributed by atoms with E-state index < -0.39 is 6.10 Å². The first kappa shape index (κ1) is 19.4. The molecule has 1 amide bonds. The predicted octanol–water partition coefficient (Wildman–Crippen LogP) is 2.48. The van der Waals surface area contributed by atoms with Crippen LogP contribution >= 0.6 is 0 Å². The molecule has 6 nitrogen and oxygen atoms in total. The van der Waals surface area contributed by atoms with Gasteiger partial charge in [-0.1, -0.05) is 26.0 Å². The predicted molar refractivity (Wildman–Crippen MR) is 105 cm³/mol. The Kier molecular flexibility index (Phi) is 6.16. The molecule has 0 aliphatic carbocycles. The van der Waals surface area contributed by atoms with Crippen LogP contribution in [0.3, 0.4) is 0 Å². The van der Waals surface area contributed by atoms with Crippen LogP contribution in [0.2, 0.25) is 0 Å². The van der Waals surface area contributed by atoms with Crippen molar-refractivity contribution in [3.05, 3.63) is 48.0 Å². The number of imidazole rings is 1. The van der Waals surface area contributed by atoms with Gasteiger partial charge in [-0.05, 0) is 30.5 Å². The Morgan fingerprint density at radius 2 is 1.96 bits per heavy atom. The largest absolute Gasteiger partial charge is 0.480 e. The summed E-state index contributed by atoms with van der Waals surface area (Å²) in [7, 11) is 2.01.